The maximum absolute atomic E-state index is 3.79. The molecule has 0 radical (unpaired) electrons. The molecule has 0 spiro atoms. The third-order valence-electron chi connectivity index (χ3n) is 12.6. The van der Waals surface area contributed by atoms with Gasteiger partial charge in [-0.25, -0.2) is 0 Å². The first kappa shape index (κ1) is 36.4. The number of rotatable bonds is 5. The van der Waals surface area contributed by atoms with E-state index in [2.05, 4.69) is 157 Å². The molecule has 6 aromatic carbocycles. The van der Waals surface area contributed by atoms with Gasteiger partial charge in [0.15, 0.2) is 0 Å². The smallest absolute Gasteiger partial charge is 0.147 e. The molecule has 6 aromatic rings. The second-order valence-electron chi connectivity index (χ2n) is 16.4. The Kier molecular flexibility index (Phi) is 9.59. The van der Waals surface area contributed by atoms with Crippen molar-refractivity contribution in [3.8, 4) is 22.3 Å². The van der Waals surface area contributed by atoms with Crippen LogP contribution < -0.4 is 0 Å². The molecule has 258 valence electrons. The first-order valence-electron chi connectivity index (χ1n) is 18.4. The molecule has 51 heavy (non-hydrogen) atoms. The Labute approximate surface area is 318 Å². The van der Waals surface area contributed by atoms with Gasteiger partial charge in [-0.15, -0.1) is 24.8 Å². The number of fused-ring (bicyclic) bond motifs is 4. The SMILES string of the molecule is CC1=Cc2c(-c3cccc4ccccc34)ccc(C)c2[CH]1[Zr]([CH3])([CH3])(=[SiH2])[CH]1C(C2CCCC2)=Cc2c(-c3cccc4ccccc34)cccc21.Cl.Cl. The van der Waals surface area contributed by atoms with Crippen molar-refractivity contribution >= 4 is 65.4 Å². The van der Waals surface area contributed by atoms with E-state index in [1.54, 1.807) is 22.3 Å². The summed E-state index contributed by atoms with van der Waals surface area (Å²) < 4.78 is 6.70. The maximum Gasteiger partial charge on any atom is -0.147 e. The Hall–Kier alpha value is -3.00. The first-order chi connectivity index (χ1) is 23.7. The van der Waals surface area contributed by atoms with Crippen LogP contribution in [0.25, 0.3) is 56.0 Å². The van der Waals surface area contributed by atoms with Gasteiger partial charge in [0, 0.05) is 0 Å². The number of aryl methyl sites for hydroxylation is 1. The van der Waals surface area contributed by atoms with E-state index in [1.165, 1.54) is 86.2 Å². The van der Waals surface area contributed by atoms with E-state index in [9.17, 15) is 0 Å². The second kappa shape index (κ2) is 13.4. The summed E-state index contributed by atoms with van der Waals surface area (Å²) in [5.41, 5.74) is 16.6. The normalized spacial score (nSPS) is 18.5. The second-order valence-corrected chi connectivity index (χ2v) is 46.9. The molecule has 0 nitrogen and oxygen atoms in total. The zero-order valence-electron chi connectivity index (χ0n) is 30.2. The molecule has 4 heteroatoms. The van der Waals surface area contributed by atoms with Crippen LogP contribution in [0.4, 0.5) is 0 Å². The van der Waals surface area contributed by atoms with E-state index in [0.29, 0.717) is 13.2 Å². The van der Waals surface area contributed by atoms with E-state index in [1.807, 2.05) is 0 Å². The van der Waals surface area contributed by atoms with Gasteiger partial charge in [0.1, 0.15) is 0 Å². The molecular formula is C47H48Cl2SiZr. The summed E-state index contributed by atoms with van der Waals surface area (Å²) >= 11 is -3.79. The Morgan fingerprint density at radius 2 is 1.08 bits per heavy atom. The monoisotopic (exact) mass is 800 g/mol. The molecule has 0 saturated heterocycles. The van der Waals surface area contributed by atoms with Gasteiger partial charge in [-0.2, -0.15) is 0 Å². The minimum atomic E-state index is -3.79. The molecule has 2 atom stereocenters. The molecule has 1 saturated carbocycles. The average molecular weight is 803 g/mol. The van der Waals surface area contributed by atoms with E-state index in [4.69, 9.17) is 0 Å². The van der Waals surface area contributed by atoms with Crippen LogP contribution >= 0.6 is 24.8 Å². The quantitative estimate of drug-likeness (QED) is 0.152. The molecule has 0 N–H and O–H groups in total. The van der Waals surface area contributed by atoms with Gasteiger partial charge in [-0.3, -0.25) is 0 Å². The zero-order chi connectivity index (χ0) is 33.5. The number of benzene rings is 6. The Bertz CT molecular complexity index is 2460. The van der Waals surface area contributed by atoms with Gasteiger partial charge >= 0.3 is 296 Å². The minimum absolute atomic E-state index is 0. The zero-order valence-corrected chi connectivity index (χ0v) is 35.7. The Balaban J connectivity index is 0.00000203. The van der Waals surface area contributed by atoms with E-state index in [0.717, 1.165) is 0 Å². The van der Waals surface area contributed by atoms with Crippen molar-refractivity contribution in [2.24, 2.45) is 5.92 Å². The first-order valence-corrected chi connectivity index (χ1v) is 32.1. The summed E-state index contributed by atoms with van der Waals surface area (Å²) in [6.45, 7) is 7.35. The molecule has 3 aliphatic rings. The molecule has 0 bridgehead atoms. The van der Waals surface area contributed by atoms with Gasteiger partial charge in [0.25, 0.3) is 0 Å². The Morgan fingerprint density at radius 1 is 0.549 bits per heavy atom. The van der Waals surface area contributed by atoms with Gasteiger partial charge in [-0.1, -0.05) is 0 Å². The third-order valence-corrected chi connectivity index (χ3v) is 30.2. The minimum Gasteiger partial charge on any atom is -0.147 e. The van der Waals surface area contributed by atoms with E-state index >= 15 is 0 Å². The molecule has 0 aliphatic heterocycles. The fourth-order valence-electron chi connectivity index (χ4n) is 10.7. The van der Waals surface area contributed by atoms with Crippen molar-refractivity contribution in [3.63, 3.8) is 0 Å². The molecule has 0 amide bonds. The number of hydrogen-bond donors (Lipinski definition) is 0. The van der Waals surface area contributed by atoms with Crippen LogP contribution in [0.5, 0.6) is 0 Å². The van der Waals surface area contributed by atoms with Crippen LogP contribution in [0.3, 0.4) is 0 Å². The van der Waals surface area contributed by atoms with Gasteiger partial charge in [-0.05, 0) is 0 Å². The standard InChI is InChI=1S/C24H21.C21H17.2CH3.2ClH.H2Si.Zr/c1-2-8-17(7-1)20-15-19-11-6-14-23(24(19)16-20)22-13-5-10-18-9-3-4-12-21(18)22;1-14-12-20-15(2)10-11-19(21(20)13-14)18-9-5-7-16-6-3-4-8-17(16)18;;;;;;/h3-6,9-17H,1-2,7-8H2;3-13H,1-2H3;2*1H3;2*1H;1H2;. The van der Waals surface area contributed by atoms with Gasteiger partial charge in [0.05, 0.1) is 0 Å². The van der Waals surface area contributed by atoms with Gasteiger partial charge in [0.2, 0.25) is 0 Å². The fraction of sp³-hybridized carbons (Fsp3) is 0.234. The number of halogens is 2. The Morgan fingerprint density at radius 3 is 1.71 bits per heavy atom. The third kappa shape index (κ3) is 5.72. The molecular weight excluding hydrogens is 755 g/mol. The predicted octanol–water partition coefficient (Wildman–Crippen LogP) is 13.6. The van der Waals surface area contributed by atoms with Crippen LogP contribution in [-0.4, -0.2) is 6.88 Å². The van der Waals surface area contributed by atoms with Crippen LogP contribution in [0.2, 0.25) is 9.26 Å². The summed E-state index contributed by atoms with van der Waals surface area (Å²) in [5.74, 6) is 0.698. The summed E-state index contributed by atoms with van der Waals surface area (Å²) in [4.78, 5) is 0. The van der Waals surface area contributed by atoms with Crippen LogP contribution in [-0.2, 0) is 17.4 Å². The fourth-order valence-corrected chi connectivity index (χ4v) is 31.1. The molecule has 1 fully saturated rings. The molecule has 9 rings (SSSR count). The average Bonchev–Trinajstić information content (AvgIpc) is 3.86. The van der Waals surface area contributed by atoms with Gasteiger partial charge < -0.3 is 0 Å². The van der Waals surface area contributed by atoms with Crippen LogP contribution in [0.1, 0.15) is 67.7 Å². The van der Waals surface area contributed by atoms with E-state index < -0.39 is 17.4 Å². The van der Waals surface area contributed by atoms with Crippen LogP contribution in [0.15, 0.2) is 126 Å². The summed E-state index contributed by atoms with van der Waals surface area (Å²) in [6.07, 6.45) is 10.7. The molecule has 3 aliphatic carbocycles. The predicted molar refractivity (Wildman–Crippen MR) is 227 cm³/mol. The van der Waals surface area contributed by atoms with Crippen molar-refractivity contribution in [2.45, 2.75) is 56.0 Å². The van der Waals surface area contributed by atoms with Crippen molar-refractivity contribution < 1.29 is 17.4 Å². The summed E-state index contributed by atoms with van der Waals surface area (Å²) in [5, 5.41) is 5.33. The van der Waals surface area contributed by atoms with Crippen LogP contribution in [0, 0.1) is 12.8 Å². The number of hydrogen-bond acceptors (Lipinski definition) is 0. The topological polar surface area (TPSA) is 0 Å². The number of allylic oxidation sites excluding steroid dienone is 2. The summed E-state index contributed by atoms with van der Waals surface area (Å²) in [6, 6.07) is 43.6. The van der Waals surface area contributed by atoms with E-state index in [-0.39, 0.29) is 24.8 Å². The van der Waals surface area contributed by atoms with Crippen molar-refractivity contribution in [1.29, 1.82) is 0 Å². The molecule has 0 heterocycles. The largest absolute Gasteiger partial charge is 0.147 e. The van der Waals surface area contributed by atoms with Crippen molar-refractivity contribution in [1.82, 2.24) is 0 Å². The molecule has 2 unspecified atom stereocenters. The summed E-state index contributed by atoms with van der Waals surface area (Å²) in [7, 11) is 0. The maximum atomic E-state index is 2.83. The van der Waals surface area contributed by atoms with Crippen molar-refractivity contribution in [2.75, 3.05) is 0 Å². The van der Waals surface area contributed by atoms with Crippen molar-refractivity contribution in [3.05, 3.63) is 154 Å². The molecule has 0 aromatic heterocycles.